The first-order valence-electron chi connectivity index (χ1n) is 9.86. The summed E-state index contributed by atoms with van der Waals surface area (Å²) in [6.45, 7) is 0. The van der Waals surface area contributed by atoms with Crippen molar-refractivity contribution in [3.05, 3.63) is 107 Å². The highest BCUT2D eigenvalue weighted by Crippen LogP contribution is 2.53. The number of hydrogen-bond donors (Lipinski definition) is 1. The molecule has 152 valence electrons. The van der Waals surface area contributed by atoms with Crippen molar-refractivity contribution in [1.29, 1.82) is 5.26 Å². The van der Waals surface area contributed by atoms with Gasteiger partial charge in [0.15, 0.2) is 0 Å². The zero-order chi connectivity index (χ0) is 21.0. The van der Waals surface area contributed by atoms with Crippen LogP contribution in [0.2, 0.25) is 5.02 Å². The molecule has 0 spiro atoms. The van der Waals surface area contributed by atoms with Crippen molar-refractivity contribution >= 4 is 23.4 Å². The van der Waals surface area contributed by atoms with E-state index in [1.54, 1.807) is 0 Å². The normalized spacial score (nSPS) is 26.1. The third kappa shape index (κ3) is 4.26. The summed E-state index contributed by atoms with van der Waals surface area (Å²) >= 11 is 7.28. The minimum absolute atomic E-state index is 0.263. The largest absolute Gasteiger partial charge is 0.384 e. The summed E-state index contributed by atoms with van der Waals surface area (Å²) in [5.74, 6) is 0.183. The number of nitrogens with zero attached hydrogens (tertiary/aromatic N) is 1. The van der Waals surface area contributed by atoms with E-state index in [4.69, 9.17) is 21.6 Å². The lowest BCUT2D eigenvalue weighted by Gasteiger charge is -2.48. The van der Waals surface area contributed by atoms with Crippen LogP contribution in [0.15, 0.2) is 84.9 Å². The van der Waals surface area contributed by atoms with Gasteiger partial charge in [-0.15, -0.1) is 0 Å². The average Bonchev–Trinajstić information content (AvgIpc) is 2.79. The molecule has 0 unspecified atom stereocenters. The summed E-state index contributed by atoms with van der Waals surface area (Å²) in [5, 5.41) is 24.1. The van der Waals surface area contributed by atoms with Gasteiger partial charge in [0.05, 0.1) is 12.2 Å². The molecule has 4 rings (SSSR count). The van der Waals surface area contributed by atoms with Gasteiger partial charge in [-0.05, 0) is 40.6 Å². The van der Waals surface area contributed by atoms with Crippen LogP contribution in [0.3, 0.4) is 0 Å². The van der Waals surface area contributed by atoms with Crippen molar-refractivity contribution in [2.24, 2.45) is 0 Å². The second-order valence-electron chi connectivity index (χ2n) is 7.52. The molecule has 0 amide bonds. The smallest absolute Gasteiger partial charge is 0.133 e. The third-order valence-electron chi connectivity index (χ3n) is 5.66. The molecule has 1 saturated heterocycles. The van der Waals surface area contributed by atoms with Crippen LogP contribution in [-0.4, -0.2) is 17.0 Å². The fraction of sp³-hybridized carbons (Fsp3) is 0.240. The maximum absolute atomic E-state index is 12.2. The first-order chi connectivity index (χ1) is 14.6. The Kier molecular flexibility index (Phi) is 6.46. The zero-order valence-electron chi connectivity index (χ0n) is 16.3. The number of halogens is 1. The van der Waals surface area contributed by atoms with Crippen LogP contribution in [0, 0.1) is 10.7 Å². The Balaban J connectivity index is 1.86. The molecule has 0 aromatic heterocycles. The van der Waals surface area contributed by atoms with Gasteiger partial charge < -0.3 is 9.84 Å². The minimum atomic E-state index is -1.15. The van der Waals surface area contributed by atoms with Crippen LogP contribution in [0.1, 0.15) is 35.1 Å². The molecule has 1 N–H and O–H groups in total. The molecule has 3 aromatic carbocycles. The number of ether oxygens (including phenoxy) is 1. The molecule has 30 heavy (non-hydrogen) atoms. The van der Waals surface area contributed by atoms with Crippen molar-refractivity contribution in [3.8, 4) is 5.40 Å². The van der Waals surface area contributed by atoms with Crippen LogP contribution < -0.4 is 0 Å². The molecule has 0 saturated carbocycles. The molecule has 1 heterocycles. The Labute approximate surface area is 186 Å². The highest BCUT2D eigenvalue weighted by molar-refractivity contribution is 8.03. The van der Waals surface area contributed by atoms with Crippen LogP contribution in [-0.2, 0) is 10.3 Å². The van der Waals surface area contributed by atoms with Crippen molar-refractivity contribution < 1.29 is 9.84 Å². The molecule has 0 bridgehead atoms. The molecule has 1 aliphatic heterocycles. The van der Waals surface area contributed by atoms with Gasteiger partial charge in [-0.2, -0.15) is 5.26 Å². The lowest BCUT2D eigenvalue weighted by Crippen LogP contribution is -2.47. The number of nitriles is 1. The lowest BCUT2D eigenvalue weighted by atomic mass is 9.68. The highest BCUT2D eigenvalue weighted by Gasteiger charge is 2.50. The molecule has 4 atom stereocenters. The number of benzene rings is 3. The molecular weight excluding hydrogens is 414 g/mol. The van der Waals surface area contributed by atoms with Gasteiger partial charge in [-0.25, -0.2) is 0 Å². The van der Waals surface area contributed by atoms with Crippen molar-refractivity contribution in [3.63, 3.8) is 0 Å². The Morgan fingerprint density at radius 3 is 2.23 bits per heavy atom. The van der Waals surface area contributed by atoms with E-state index in [9.17, 15) is 5.11 Å². The summed E-state index contributed by atoms with van der Waals surface area (Å²) < 4.78 is 6.52. The van der Waals surface area contributed by atoms with Gasteiger partial charge in [-0.1, -0.05) is 84.4 Å². The number of aliphatic hydroxyl groups is 1. The monoisotopic (exact) mass is 435 g/mol. The van der Waals surface area contributed by atoms with E-state index in [0.717, 1.165) is 28.5 Å². The van der Waals surface area contributed by atoms with Gasteiger partial charge >= 0.3 is 0 Å². The third-order valence-corrected chi connectivity index (χ3v) is 6.58. The molecule has 5 heteroatoms. The van der Waals surface area contributed by atoms with E-state index < -0.39 is 5.60 Å². The highest BCUT2D eigenvalue weighted by atomic mass is 35.5. The number of rotatable bonds is 5. The molecule has 1 fully saturated rings. The molecule has 0 radical (unpaired) electrons. The Morgan fingerprint density at radius 2 is 1.60 bits per heavy atom. The van der Waals surface area contributed by atoms with Crippen molar-refractivity contribution in [2.75, 3.05) is 5.75 Å². The van der Waals surface area contributed by atoms with Gasteiger partial charge in [-0.3, -0.25) is 0 Å². The Hall–Kier alpha value is -2.29. The predicted octanol–water partition coefficient (Wildman–Crippen LogP) is 6.06. The zero-order valence-corrected chi connectivity index (χ0v) is 17.9. The van der Waals surface area contributed by atoms with E-state index in [1.165, 1.54) is 0 Å². The minimum Gasteiger partial charge on any atom is -0.384 e. The molecular formula is C25H22ClNO2S. The first-order valence-corrected chi connectivity index (χ1v) is 11.2. The fourth-order valence-electron chi connectivity index (χ4n) is 4.35. The van der Waals surface area contributed by atoms with Crippen LogP contribution >= 0.6 is 23.4 Å². The summed E-state index contributed by atoms with van der Waals surface area (Å²) in [6.07, 6.45) is -0.233. The van der Waals surface area contributed by atoms with Gasteiger partial charge in [0.2, 0.25) is 0 Å². The van der Waals surface area contributed by atoms with Crippen LogP contribution in [0.4, 0.5) is 0 Å². The van der Waals surface area contributed by atoms with Gasteiger partial charge in [0.25, 0.3) is 0 Å². The standard InChI is InChI=1S/C25H22ClNO2S/c26-21-13-11-19(12-14-21)24-23(18-7-3-1-4-8-18)25(28,20-9-5-2-6-10-20)15-22(29-24)16-30-17-27/h1-14,22-24,28H,15-16H2/t22-,23-,24-,25-/m0/s1. The maximum Gasteiger partial charge on any atom is 0.133 e. The average molecular weight is 436 g/mol. The van der Waals surface area contributed by atoms with E-state index >= 15 is 0 Å². The van der Waals surface area contributed by atoms with Crippen LogP contribution in [0.25, 0.3) is 0 Å². The van der Waals surface area contributed by atoms with E-state index in [0.29, 0.717) is 17.2 Å². The second kappa shape index (κ2) is 9.24. The molecule has 1 aliphatic rings. The van der Waals surface area contributed by atoms with E-state index in [2.05, 4.69) is 5.40 Å². The number of hydrogen-bond acceptors (Lipinski definition) is 4. The van der Waals surface area contributed by atoms with E-state index in [1.807, 2.05) is 84.9 Å². The predicted molar refractivity (Wildman–Crippen MR) is 121 cm³/mol. The molecule has 3 nitrogen and oxygen atoms in total. The Bertz CT molecular complexity index is 1010. The fourth-order valence-corrected chi connectivity index (χ4v) is 4.93. The van der Waals surface area contributed by atoms with Gasteiger partial charge in [0.1, 0.15) is 11.0 Å². The molecule has 3 aromatic rings. The summed E-state index contributed by atoms with van der Waals surface area (Å²) in [6, 6.07) is 27.4. The Morgan fingerprint density at radius 1 is 0.967 bits per heavy atom. The van der Waals surface area contributed by atoms with Crippen molar-refractivity contribution in [2.45, 2.75) is 30.1 Å². The topological polar surface area (TPSA) is 53.2 Å². The van der Waals surface area contributed by atoms with Crippen LogP contribution in [0.5, 0.6) is 0 Å². The van der Waals surface area contributed by atoms with E-state index in [-0.39, 0.29) is 18.1 Å². The summed E-state index contributed by atoms with van der Waals surface area (Å²) in [4.78, 5) is 0. The second-order valence-corrected chi connectivity index (χ2v) is 8.76. The molecule has 0 aliphatic carbocycles. The number of thiocyanates is 1. The SMILES string of the molecule is N#CSC[C@@H]1C[C@](O)(c2ccccc2)[C@@H](c2ccccc2)[C@H](c2ccc(Cl)cc2)O1. The summed E-state index contributed by atoms with van der Waals surface area (Å²) in [7, 11) is 0. The first kappa shape index (κ1) is 21.0. The maximum atomic E-state index is 12.2. The lowest BCUT2D eigenvalue weighted by molar-refractivity contribution is -0.161. The quantitative estimate of drug-likeness (QED) is 0.495. The van der Waals surface area contributed by atoms with Crippen molar-refractivity contribution in [1.82, 2.24) is 0 Å². The van der Waals surface area contributed by atoms with Gasteiger partial charge in [0, 0.05) is 23.1 Å². The summed E-state index contributed by atoms with van der Waals surface area (Å²) in [5.41, 5.74) is 1.67. The number of thioether (sulfide) groups is 1.